The van der Waals surface area contributed by atoms with Crippen LogP contribution in [0.3, 0.4) is 0 Å². The molecular formula is C3KN3Rh. The molecule has 0 aromatic rings. The van der Waals surface area contributed by atoms with Gasteiger partial charge in [0.2, 0.25) is 0 Å². The van der Waals surface area contributed by atoms with E-state index in [4.69, 9.17) is 35.5 Å². The molecule has 0 saturated carbocycles. The van der Waals surface area contributed by atoms with E-state index in [0.29, 0.717) is 0 Å². The van der Waals surface area contributed by atoms with Crippen LogP contribution in [0.25, 0.3) is 0 Å². The van der Waals surface area contributed by atoms with E-state index in [0.717, 1.165) is 0 Å². The second kappa shape index (κ2) is 657. The summed E-state index contributed by atoms with van der Waals surface area (Å²) in [7, 11) is 0. The molecule has 5 heteroatoms. The predicted octanol–water partition coefficient (Wildman–Crippen LogP) is -0.0942. The van der Waals surface area contributed by atoms with Gasteiger partial charge >= 0.3 is 19.5 Å². The van der Waals surface area contributed by atoms with E-state index in [-0.39, 0.29) is 70.9 Å². The van der Waals surface area contributed by atoms with E-state index < -0.39 is 0 Å². The number of hydrogen-bond acceptors (Lipinski definition) is 3. The van der Waals surface area contributed by atoms with E-state index in [9.17, 15) is 0 Å². The van der Waals surface area contributed by atoms with Crippen LogP contribution in [0.15, 0.2) is 0 Å². The van der Waals surface area contributed by atoms with Gasteiger partial charge in [0.15, 0.2) is 0 Å². The third-order valence-electron chi connectivity index (χ3n) is 0. The molecule has 0 aliphatic carbocycles. The van der Waals surface area contributed by atoms with E-state index in [1.54, 1.807) is 0 Å². The molecule has 8 heavy (non-hydrogen) atoms. The maximum absolute atomic E-state index is 6.25. The summed E-state index contributed by atoms with van der Waals surface area (Å²) in [6.07, 6.45) is 0. The normalized spacial score (nSPS) is 0.750. The van der Waals surface area contributed by atoms with E-state index in [1.165, 1.54) is 0 Å². The Balaban J connectivity index is -0.00000000500. The summed E-state index contributed by atoms with van der Waals surface area (Å²) in [5, 5.41) is 18.8. The SMILES string of the molecule is [C-]#N.[C-]#N.[C-]#N.[K].[Rh+3]. The van der Waals surface area contributed by atoms with E-state index in [2.05, 4.69) is 0 Å². The molecule has 0 aromatic carbocycles. The van der Waals surface area contributed by atoms with Crippen LogP contribution in [0, 0.1) is 35.5 Å². The van der Waals surface area contributed by atoms with Crippen molar-refractivity contribution < 1.29 is 19.5 Å². The molecule has 0 saturated heterocycles. The van der Waals surface area contributed by atoms with Crippen molar-refractivity contribution in [3.05, 3.63) is 19.7 Å². The second-order valence-corrected chi connectivity index (χ2v) is 0. The predicted molar refractivity (Wildman–Crippen MR) is 20.7 cm³/mol. The molecule has 0 aromatic heterocycles. The molecule has 0 aliphatic rings. The standard InChI is InChI=1S/3CN.K.Rh/c3*1-2;;/q3*-1;;+3. The largest absolute Gasteiger partial charge is 3.00 e. The van der Waals surface area contributed by atoms with Crippen molar-refractivity contribution in [3.8, 4) is 0 Å². The molecule has 0 fully saturated rings. The molecule has 37 valence electrons. The third-order valence-corrected chi connectivity index (χ3v) is 0. The Morgan fingerprint density at radius 3 is 0.625 bits per heavy atom. The minimum Gasteiger partial charge on any atom is -0.512 e. The summed E-state index contributed by atoms with van der Waals surface area (Å²) < 4.78 is 0. The fourth-order valence-electron chi connectivity index (χ4n) is 0. The van der Waals surface area contributed by atoms with Gasteiger partial charge < -0.3 is 35.5 Å². The molecule has 0 spiro atoms. The van der Waals surface area contributed by atoms with Crippen molar-refractivity contribution in [2.75, 3.05) is 0 Å². The maximum Gasteiger partial charge on any atom is 3.00 e. The minimum atomic E-state index is 0. The third kappa shape index (κ3) is 415. The number of rotatable bonds is 0. The minimum absolute atomic E-state index is 0. The van der Waals surface area contributed by atoms with Gasteiger partial charge in [0, 0.05) is 51.4 Å². The van der Waals surface area contributed by atoms with E-state index in [1.807, 2.05) is 0 Å². The number of nitrogens with zero attached hydrogens (tertiary/aromatic N) is 3. The van der Waals surface area contributed by atoms with Crippen LogP contribution in [0.2, 0.25) is 0 Å². The zero-order chi connectivity index (χ0) is 6.00. The Bertz CT molecular complexity index is 43.0. The molecule has 0 N–H and O–H groups in total. The fraction of sp³-hybridized carbons (Fsp3) is 0. The van der Waals surface area contributed by atoms with Gasteiger partial charge in [-0.3, -0.25) is 0 Å². The van der Waals surface area contributed by atoms with Crippen LogP contribution in [-0.2, 0) is 19.5 Å². The van der Waals surface area contributed by atoms with Crippen LogP contribution in [0.4, 0.5) is 0 Å². The molecular weight excluding hydrogens is 220 g/mol. The molecule has 0 rings (SSSR count). The first kappa shape index (κ1) is 37.5. The smallest absolute Gasteiger partial charge is 0.512 e. The molecule has 0 atom stereocenters. The average Bonchev–Trinajstić information content (AvgIpc) is 1.81. The van der Waals surface area contributed by atoms with Crippen molar-refractivity contribution in [2.45, 2.75) is 0 Å². The first-order valence-corrected chi connectivity index (χ1v) is 0.671. The summed E-state index contributed by atoms with van der Waals surface area (Å²) in [4.78, 5) is 0. The van der Waals surface area contributed by atoms with Gasteiger partial charge in [0.25, 0.3) is 0 Å². The summed E-state index contributed by atoms with van der Waals surface area (Å²) in [6, 6.07) is 0. The van der Waals surface area contributed by atoms with Gasteiger partial charge in [-0.25, -0.2) is 0 Å². The van der Waals surface area contributed by atoms with Crippen molar-refractivity contribution in [1.82, 2.24) is 0 Å². The summed E-state index contributed by atoms with van der Waals surface area (Å²) >= 11 is 0. The number of hydrogen-bond donors (Lipinski definition) is 0. The first-order chi connectivity index (χ1) is 3.00. The zero-order valence-corrected chi connectivity index (χ0v) is 8.94. The second-order valence-electron chi connectivity index (χ2n) is 0. The van der Waals surface area contributed by atoms with Crippen molar-refractivity contribution in [1.29, 1.82) is 15.8 Å². The quantitative estimate of drug-likeness (QED) is 0.423. The van der Waals surface area contributed by atoms with Gasteiger partial charge in [0.05, 0.1) is 0 Å². The molecule has 0 bridgehead atoms. The topological polar surface area (TPSA) is 71.4 Å². The van der Waals surface area contributed by atoms with Gasteiger partial charge in [-0.1, -0.05) is 0 Å². The Labute approximate surface area is 104 Å². The van der Waals surface area contributed by atoms with Crippen LogP contribution in [0.1, 0.15) is 0 Å². The van der Waals surface area contributed by atoms with Gasteiger partial charge in [-0.05, 0) is 0 Å². The van der Waals surface area contributed by atoms with Gasteiger partial charge in [0.1, 0.15) is 0 Å². The molecule has 3 nitrogen and oxygen atoms in total. The average molecular weight is 220 g/mol. The van der Waals surface area contributed by atoms with Crippen molar-refractivity contribution >= 4 is 51.4 Å². The van der Waals surface area contributed by atoms with Crippen LogP contribution in [0.5, 0.6) is 0 Å². The van der Waals surface area contributed by atoms with Crippen LogP contribution >= 0.6 is 0 Å². The summed E-state index contributed by atoms with van der Waals surface area (Å²) in [5.41, 5.74) is 0. The summed E-state index contributed by atoms with van der Waals surface area (Å²) in [5.74, 6) is 0. The van der Waals surface area contributed by atoms with Gasteiger partial charge in [-0.15, -0.1) is 0 Å². The van der Waals surface area contributed by atoms with Crippen molar-refractivity contribution in [2.24, 2.45) is 0 Å². The van der Waals surface area contributed by atoms with Crippen molar-refractivity contribution in [3.63, 3.8) is 0 Å². The van der Waals surface area contributed by atoms with E-state index >= 15 is 0 Å². The van der Waals surface area contributed by atoms with Crippen LogP contribution < -0.4 is 0 Å². The monoisotopic (exact) mass is 220 g/mol. The fourth-order valence-corrected chi connectivity index (χ4v) is 0. The molecule has 0 aliphatic heterocycles. The van der Waals surface area contributed by atoms with Gasteiger partial charge in [-0.2, -0.15) is 0 Å². The van der Waals surface area contributed by atoms with Crippen LogP contribution in [-0.4, -0.2) is 51.4 Å². The summed E-state index contributed by atoms with van der Waals surface area (Å²) in [6.45, 7) is 14.2. The Morgan fingerprint density at radius 2 is 0.625 bits per heavy atom. The Hall–Kier alpha value is 0.730. The Morgan fingerprint density at radius 1 is 0.625 bits per heavy atom. The molecule has 0 heterocycles. The molecule has 0 unspecified atom stereocenters. The first-order valence-electron chi connectivity index (χ1n) is 0.671. The molecule has 1 radical (unpaired) electrons. The zero-order valence-electron chi connectivity index (χ0n) is 4.17. The Kier molecular flexibility index (Phi) is 3080. The molecule has 0 amide bonds. The maximum atomic E-state index is 6.25.